The molecule has 0 aromatic rings. The normalized spacial score (nSPS) is 8.62. The molecule has 0 rings (SSSR count). The highest BCUT2D eigenvalue weighted by atomic mass is 79.9. The van der Waals surface area contributed by atoms with Crippen molar-refractivity contribution in [1.82, 2.24) is 10.2 Å². The molecule has 0 aromatic heterocycles. The number of halogens is 2. The van der Waals surface area contributed by atoms with Crippen LogP contribution in [0.4, 0.5) is 0 Å². The number of nitrogens with zero attached hydrogens (tertiary/aromatic N) is 1. The molecule has 0 fully saturated rings. The number of rotatable bonds is 5. The molecule has 0 spiro atoms. The van der Waals surface area contributed by atoms with E-state index in [2.05, 4.69) is 36.8 Å². The van der Waals surface area contributed by atoms with E-state index in [4.69, 9.17) is 5.41 Å². The van der Waals surface area contributed by atoms with E-state index in [1.165, 1.54) is 0 Å². The maximum atomic E-state index is 6.96. The van der Waals surface area contributed by atoms with Gasteiger partial charge in [0, 0.05) is 6.54 Å². The van der Waals surface area contributed by atoms with E-state index < -0.39 is 0 Å². The third-order valence-corrected chi connectivity index (χ3v) is 1.71. The Bertz CT molecular complexity index is 124. The quantitative estimate of drug-likeness (QED) is 0.311. The molecule has 0 unspecified atom stereocenters. The van der Waals surface area contributed by atoms with Gasteiger partial charge in [-0.2, -0.15) is 0 Å². The topological polar surface area (TPSA) is 39.1 Å². The Labute approximate surface area is 107 Å². The summed E-state index contributed by atoms with van der Waals surface area (Å²) >= 11 is 3.80. The van der Waals surface area contributed by atoms with Crippen molar-refractivity contribution in [2.24, 2.45) is 0 Å². The number of thiol groups is 1. The van der Waals surface area contributed by atoms with E-state index in [0.717, 1.165) is 26.1 Å². The minimum absolute atomic E-state index is 0. The zero-order valence-electron chi connectivity index (χ0n) is 8.04. The van der Waals surface area contributed by atoms with E-state index in [1.807, 2.05) is 0 Å². The first-order chi connectivity index (χ1) is 5.16. The number of amidine groups is 1. The summed E-state index contributed by atoms with van der Waals surface area (Å²) in [4.78, 5) is 2.24. The molecule has 82 valence electrons. The molecule has 13 heavy (non-hydrogen) atoms. The van der Waals surface area contributed by atoms with E-state index in [9.17, 15) is 0 Å². The summed E-state index contributed by atoms with van der Waals surface area (Å²) in [5.41, 5.74) is 0. The fourth-order valence-corrected chi connectivity index (χ4v) is 0.826. The van der Waals surface area contributed by atoms with Gasteiger partial charge in [0.1, 0.15) is 0 Å². The van der Waals surface area contributed by atoms with E-state index in [0.29, 0.717) is 0 Å². The Kier molecular flexibility index (Phi) is 18.9. The van der Waals surface area contributed by atoms with Crippen LogP contribution in [0.15, 0.2) is 0 Å². The highest BCUT2D eigenvalue weighted by Crippen LogP contribution is 1.85. The molecule has 0 aromatic carbocycles. The summed E-state index contributed by atoms with van der Waals surface area (Å²) in [5.74, 6) is 0. The zero-order chi connectivity index (χ0) is 8.69. The van der Waals surface area contributed by atoms with Crippen molar-refractivity contribution in [2.45, 2.75) is 13.3 Å². The molecule has 0 bridgehead atoms. The number of nitrogens with one attached hydrogen (secondary N) is 2. The van der Waals surface area contributed by atoms with Crippen molar-refractivity contribution in [2.75, 3.05) is 26.7 Å². The van der Waals surface area contributed by atoms with E-state index in [-0.39, 0.29) is 39.1 Å². The van der Waals surface area contributed by atoms with Crippen molar-refractivity contribution in [3.05, 3.63) is 0 Å². The second-order valence-corrected chi connectivity index (χ2v) is 2.97. The predicted molar refractivity (Wildman–Crippen MR) is 73.1 cm³/mol. The monoisotopic (exact) mass is 335 g/mol. The number of hydrogen-bond acceptors (Lipinski definition) is 2. The molecule has 3 nitrogen and oxygen atoms in total. The van der Waals surface area contributed by atoms with Crippen molar-refractivity contribution in [3.8, 4) is 0 Å². The maximum absolute atomic E-state index is 6.96. The van der Waals surface area contributed by atoms with Crippen LogP contribution in [0.3, 0.4) is 0 Å². The van der Waals surface area contributed by atoms with Gasteiger partial charge in [-0.25, -0.2) is 0 Å². The molecule has 0 atom stereocenters. The summed E-state index contributed by atoms with van der Waals surface area (Å²) in [6.07, 6.45) is 1.06. The van der Waals surface area contributed by atoms with Crippen molar-refractivity contribution >= 4 is 51.8 Å². The van der Waals surface area contributed by atoms with Crippen LogP contribution in [0.2, 0.25) is 0 Å². The summed E-state index contributed by atoms with van der Waals surface area (Å²) in [5, 5.41) is 10.1. The molecule has 0 aliphatic rings. The average Bonchev–Trinajstić information content (AvgIpc) is 1.97. The van der Waals surface area contributed by atoms with Crippen LogP contribution >= 0.6 is 46.6 Å². The zero-order valence-corrected chi connectivity index (χ0v) is 12.4. The Morgan fingerprint density at radius 1 is 1.46 bits per heavy atom. The van der Waals surface area contributed by atoms with Gasteiger partial charge < -0.3 is 10.2 Å². The molecule has 0 saturated carbocycles. The lowest BCUT2D eigenvalue weighted by Gasteiger charge is -2.13. The molecule has 0 aliphatic carbocycles. The van der Waals surface area contributed by atoms with E-state index >= 15 is 0 Å². The van der Waals surface area contributed by atoms with Gasteiger partial charge in [0.15, 0.2) is 5.17 Å². The van der Waals surface area contributed by atoms with Gasteiger partial charge in [-0.3, -0.25) is 5.41 Å². The SMILES string of the molecule is Br.Br.CCN(C)CCCNC(=N)S. The lowest BCUT2D eigenvalue weighted by atomic mass is 10.4. The first-order valence-corrected chi connectivity index (χ1v) is 4.31. The summed E-state index contributed by atoms with van der Waals surface area (Å²) in [7, 11) is 2.09. The lowest BCUT2D eigenvalue weighted by Crippen LogP contribution is -2.25. The van der Waals surface area contributed by atoms with Crippen LogP contribution in [-0.2, 0) is 0 Å². The molecular formula is C7H19Br2N3S. The van der Waals surface area contributed by atoms with Crippen LogP contribution in [0, 0.1) is 5.41 Å². The molecule has 6 heteroatoms. The third kappa shape index (κ3) is 15.5. The van der Waals surface area contributed by atoms with Crippen molar-refractivity contribution in [1.29, 1.82) is 5.41 Å². The maximum Gasteiger partial charge on any atom is 0.150 e. The van der Waals surface area contributed by atoms with Gasteiger partial charge in [-0.1, -0.05) is 6.92 Å². The molecule has 0 heterocycles. The minimum atomic E-state index is 0. The highest BCUT2D eigenvalue weighted by molar-refractivity contribution is 8.93. The molecule has 0 aliphatic heterocycles. The fourth-order valence-electron chi connectivity index (χ4n) is 0.714. The Balaban J connectivity index is -0.000000500. The highest BCUT2D eigenvalue weighted by Gasteiger charge is 1.93. The van der Waals surface area contributed by atoms with Gasteiger partial charge in [-0.15, -0.1) is 46.6 Å². The second kappa shape index (κ2) is 12.7. The van der Waals surface area contributed by atoms with Crippen molar-refractivity contribution < 1.29 is 0 Å². The second-order valence-electron chi connectivity index (χ2n) is 2.52. The van der Waals surface area contributed by atoms with Crippen LogP contribution in [0.1, 0.15) is 13.3 Å². The molecule has 2 N–H and O–H groups in total. The van der Waals surface area contributed by atoms with Crippen LogP contribution in [-0.4, -0.2) is 36.7 Å². The molecule has 0 amide bonds. The summed E-state index contributed by atoms with van der Waals surface area (Å²) < 4.78 is 0. The predicted octanol–water partition coefficient (Wildman–Crippen LogP) is 1.94. The van der Waals surface area contributed by atoms with Crippen LogP contribution in [0.25, 0.3) is 0 Å². The van der Waals surface area contributed by atoms with Gasteiger partial charge in [-0.05, 0) is 26.6 Å². The van der Waals surface area contributed by atoms with E-state index in [1.54, 1.807) is 0 Å². The van der Waals surface area contributed by atoms with Gasteiger partial charge in [0.05, 0.1) is 0 Å². The largest absolute Gasteiger partial charge is 0.365 e. The lowest BCUT2D eigenvalue weighted by molar-refractivity contribution is 0.347. The smallest absolute Gasteiger partial charge is 0.150 e. The van der Waals surface area contributed by atoms with Crippen molar-refractivity contribution in [3.63, 3.8) is 0 Å². The standard InChI is InChI=1S/C7H17N3S.2BrH/c1-3-10(2)6-4-5-9-7(8)11;;/h3-6H2,1-2H3,(H3,8,9,11);2*1H. The van der Waals surface area contributed by atoms with Crippen LogP contribution < -0.4 is 5.32 Å². The average molecular weight is 337 g/mol. The number of hydrogen-bond donors (Lipinski definition) is 3. The third-order valence-electron chi connectivity index (χ3n) is 1.55. The molecular weight excluding hydrogens is 318 g/mol. The Morgan fingerprint density at radius 2 is 2.00 bits per heavy atom. The fraction of sp³-hybridized carbons (Fsp3) is 0.857. The van der Waals surface area contributed by atoms with Gasteiger partial charge in [0.25, 0.3) is 0 Å². The Hall–Kier alpha value is 0.740. The van der Waals surface area contributed by atoms with Gasteiger partial charge >= 0.3 is 0 Å². The van der Waals surface area contributed by atoms with Crippen LogP contribution in [0.5, 0.6) is 0 Å². The Morgan fingerprint density at radius 3 is 2.38 bits per heavy atom. The summed E-state index contributed by atoms with van der Waals surface area (Å²) in [6.45, 7) is 5.13. The molecule has 0 radical (unpaired) electrons. The first kappa shape index (κ1) is 19.3. The minimum Gasteiger partial charge on any atom is -0.365 e. The van der Waals surface area contributed by atoms with Gasteiger partial charge in [0.2, 0.25) is 0 Å². The first-order valence-electron chi connectivity index (χ1n) is 3.86. The molecule has 0 saturated heterocycles. The summed E-state index contributed by atoms with van der Waals surface area (Å²) in [6, 6.07) is 0.